The molecular weight excluding hydrogens is 364 g/mol. The van der Waals surface area contributed by atoms with Gasteiger partial charge in [-0.3, -0.25) is 9.59 Å². The van der Waals surface area contributed by atoms with Gasteiger partial charge in [0.25, 0.3) is 5.91 Å². The van der Waals surface area contributed by atoms with Gasteiger partial charge in [0.2, 0.25) is 5.91 Å². The summed E-state index contributed by atoms with van der Waals surface area (Å²) >= 11 is 0. The van der Waals surface area contributed by atoms with Gasteiger partial charge in [-0.15, -0.1) is 0 Å². The molecule has 0 spiro atoms. The van der Waals surface area contributed by atoms with Crippen molar-refractivity contribution in [2.75, 3.05) is 11.9 Å². The van der Waals surface area contributed by atoms with Crippen LogP contribution in [0.15, 0.2) is 60.7 Å². The van der Waals surface area contributed by atoms with Crippen molar-refractivity contribution in [3.8, 4) is 5.75 Å². The topological polar surface area (TPSA) is 67.4 Å². The second-order valence-electron chi connectivity index (χ2n) is 7.26. The normalized spacial score (nSPS) is 13.1. The zero-order valence-corrected chi connectivity index (χ0v) is 16.4. The van der Waals surface area contributed by atoms with Crippen molar-refractivity contribution in [3.63, 3.8) is 0 Å². The summed E-state index contributed by atoms with van der Waals surface area (Å²) in [5.41, 5.74) is 2.12. The molecule has 3 aromatic carbocycles. The predicted molar refractivity (Wildman–Crippen MR) is 114 cm³/mol. The van der Waals surface area contributed by atoms with Gasteiger partial charge in [0, 0.05) is 11.7 Å². The van der Waals surface area contributed by atoms with E-state index in [1.807, 2.05) is 67.6 Å². The first-order chi connectivity index (χ1) is 14.1. The number of carbonyl (C=O) groups is 2. The van der Waals surface area contributed by atoms with Crippen LogP contribution in [-0.2, 0) is 11.2 Å². The summed E-state index contributed by atoms with van der Waals surface area (Å²) in [5, 5.41) is 7.77. The molecule has 0 atom stereocenters. The van der Waals surface area contributed by atoms with Gasteiger partial charge >= 0.3 is 0 Å². The van der Waals surface area contributed by atoms with Crippen LogP contribution in [0.1, 0.15) is 35.7 Å². The van der Waals surface area contributed by atoms with Crippen molar-refractivity contribution < 1.29 is 14.3 Å². The SMILES string of the molecule is CCOc1ccc2ccccc2c1C(=O)Nc1ccc(CC(=O)NC2CC2)cc1. The number of fused-ring (bicyclic) bond motifs is 1. The van der Waals surface area contributed by atoms with Crippen molar-refractivity contribution in [3.05, 3.63) is 71.8 Å². The monoisotopic (exact) mass is 388 g/mol. The molecule has 4 rings (SSSR count). The average Bonchev–Trinajstić information content (AvgIpc) is 3.53. The average molecular weight is 388 g/mol. The van der Waals surface area contributed by atoms with E-state index < -0.39 is 0 Å². The number of amides is 2. The van der Waals surface area contributed by atoms with Crippen LogP contribution in [0.2, 0.25) is 0 Å². The van der Waals surface area contributed by atoms with Crippen LogP contribution in [0.3, 0.4) is 0 Å². The molecule has 0 unspecified atom stereocenters. The minimum atomic E-state index is -0.218. The van der Waals surface area contributed by atoms with E-state index in [1.54, 1.807) is 0 Å². The van der Waals surface area contributed by atoms with Crippen molar-refractivity contribution >= 4 is 28.3 Å². The lowest BCUT2D eigenvalue weighted by Gasteiger charge is -2.14. The molecule has 0 aromatic heterocycles. The molecule has 2 amide bonds. The maximum Gasteiger partial charge on any atom is 0.260 e. The number of benzene rings is 3. The summed E-state index contributed by atoms with van der Waals surface area (Å²) in [5.74, 6) is 0.392. The Labute approximate surface area is 170 Å². The number of anilines is 1. The summed E-state index contributed by atoms with van der Waals surface area (Å²) in [4.78, 5) is 25.0. The van der Waals surface area contributed by atoms with Gasteiger partial charge in [-0.2, -0.15) is 0 Å². The van der Waals surface area contributed by atoms with Gasteiger partial charge < -0.3 is 15.4 Å². The van der Waals surface area contributed by atoms with Crippen molar-refractivity contribution in [1.29, 1.82) is 0 Å². The molecule has 0 radical (unpaired) electrons. The molecule has 2 N–H and O–H groups in total. The second-order valence-corrected chi connectivity index (χ2v) is 7.26. The zero-order chi connectivity index (χ0) is 20.2. The van der Waals surface area contributed by atoms with E-state index in [0.29, 0.717) is 36.1 Å². The van der Waals surface area contributed by atoms with Crippen LogP contribution in [0, 0.1) is 0 Å². The number of hydrogen-bond acceptors (Lipinski definition) is 3. The molecule has 0 saturated heterocycles. The van der Waals surface area contributed by atoms with Crippen molar-refractivity contribution in [2.45, 2.75) is 32.2 Å². The number of hydrogen-bond donors (Lipinski definition) is 2. The summed E-state index contributed by atoms with van der Waals surface area (Å²) < 4.78 is 5.70. The highest BCUT2D eigenvalue weighted by atomic mass is 16.5. The first kappa shape index (κ1) is 19.0. The molecule has 1 fully saturated rings. The first-order valence-electron chi connectivity index (χ1n) is 9.98. The molecule has 0 aliphatic heterocycles. The molecule has 29 heavy (non-hydrogen) atoms. The number of carbonyl (C=O) groups excluding carboxylic acids is 2. The smallest absolute Gasteiger partial charge is 0.260 e. The minimum absolute atomic E-state index is 0.0430. The van der Waals surface area contributed by atoms with E-state index in [2.05, 4.69) is 10.6 Å². The molecule has 5 nitrogen and oxygen atoms in total. The molecular formula is C24H24N2O3. The van der Waals surface area contributed by atoms with Crippen LogP contribution in [0.25, 0.3) is 10.8 Å². The van der Waals surface area contributed by atoms with Gasteiger partial charge in [0.1, 0.15) is 5.75 Å². The fourth-order valence-corrected chi connectivity index (χ4v) is 3.35. The minimum Gasteiger partial charge on any atom is -0.493 e. The third-order valence-corrected chi connectivity index (χ3v) is 4.94. The molecule has 1 aliphatic carbocycles. The highest BCUT2D eigenvalue weighted by Gasteiger charge is 2.23. The number of nitrogens with one attached hydrogen (secondary N) is 2. The fourth-order valence-electron chi connectivity index (χ4n) is 3.35. The third-order valence-electron chi connectivity index (χ3n) is 4.94. The molecule has 0 heterocycles. The van der Waals surface area contributed by atoms with Gasteiger partial charge in [0.15, 0.2) is 0 Å². The Kier molecular flexibility index (Phi) is 5.47. The molecule has 5 heteroatoms. The van der Waals surface area contributed by atoms with Crippen LogP contribution >= 0.6 is 0 Å². The second kappa shape index (κ2) is 8.35. The Morgan fingerprint density at radius 2 is 1.76 bits per heavy atom. The van der Waals surface area contributed by atoms with Crippen molar-refractivity contribution in [2.24, 2.45) is 0 Å². The maximum atomic E-state index is 13.1. The van der Waals surface area contributed by atoms with E-state index in [1.165, 1.54) is 0 Å². The Bertz CT molecular complexity index is 1040. The van der Waals surface area contributed by atoms with Gasteiger partial charge in [-0.05, 0) is 54.3 Å². The van der Waals surface area contributed by atoms with E-state index in [0.717, 1.165) is 29.2 Å². The van der Waals surface area contributed by atoms with Gasteiger partial charge in [-0.25, -0.2) is 0 Å². The third kappa shape index (κ3) is 4.57. The number of ether oxygens (including phenoxy) is 1. The first-order valence-corrected chi connectivity index (χ1v) is 9.98. The van der Waals surface area contributed by atoms with E-state index in [-0.39, 0.29) is 11.8 Å². The van der Waals surface area contributed by atoms with E-state index in [4.69, 9.17) is 4.74 Å². The van der Waals surface area contributed by atoms with Gasteiger partial charge in [-0.1, -0.05) is 42.5 Å². The Hall–Kier alpha value is -3.34. The lowest BCUT2D eigenvalue weighted by atomic mass is 10.0. The summed E-state index contributed by atoms with van der Waals surface area (Å²) in [6, 6.07) is 19.3. The lowest BCUT2D eigenvalue weighted by Crippen LogP contribution is -2.26. The zero-order valence-electron chi connectivity index (χ0n) is 16.4. The van der Waals surface area contributed by atoms with Crippen LogP contribution in [0.4, 0.5) is 5.69 Å². The molecule has 1 aliphatic rings. The van der Waals surface area contributed by atoms with Crippen LogP contribution in [-0.4, -0.2) is 24.5 Å². The van der Waals surface area contributed by atoms with Crippen molar-refractivity contribution in [1.82, 2.24) is 5.32 Å². The Morgan fingerprint density at radius 3 is 2.48 bits per heavy atom. The Morgan fingerprint density at radius 1 is 1.00 bits per heavy atom. The largest absolute Gasteiger partial charge is 0.493 e. The lowest BCUT2D eigenvalue weighted by molar-refractivity contribution is -0.120. The molecule has 1 saturated carbocycles. The maximum absolute atomic E-state index is 13.1. The molecule has 148 valence electrons. The van der Waals surface area contributed by atoms with Crippen LogP contribution in [0.5, 0.6) is 5.75 Å². The fraction of sp³-hybridized carbons (Fsp3) is 0.250. The van der Waals surface area contributed by atoms with Gasteiger partial charge in [0.05, 0.1) is 18.6 Å². The summed E-state index contributed by atoms with van der Waals surface area (Å²) in [6.07, 6.45) is 2.51. The summed E-state index contributed by atoms with van der Waals surface area (Å²) in [7, 11) is 0. The standard InChI is InChI=1S/C24H24N2O3/c1-2-29-21-14-9-17-5-3-4-6-20(17)23(21)24(28)26-19-10-7-16(8-11-19)15-22(27)25-18-12-13-18/h3-11,14,18H,2,12-13,15H2,1H3,(H,25,27)(H,26,28). The quantitative estimate of drug-likeness (QED) is 0.634. The van der Waals surface area contributed by atoms with E-state index in [9.17, 15) is 9.59 Å². The summed E-state index contributed by atoms with van der Waals surface area (Å²) in [6.45, 7) is 2.38. The number of rotatable bonds is 7. The predicted octanol–water partition coefficient (Wildman–Crippen LogP) is 4.31. The Balaban J connectivity index is 1.51. The highest BCUT2D eigenvalue weighted by Crippen LogP contribution is 2.29. The highest BCUT2D eigenvalue weighted by molar-refractivity contribution is 6.15. The molecule has 3 aromatic rings. The molecule has 0 bridgehead atoms. The van der Waals surface area contributed by atoms with E-state index >= 15 is 0 Å². The van der Waals surface area contributed by atoms with Crippen LogP contribution < -0.4 is 15.4 Å².